The Kier molecular flexibility index (Phi) is 7.00. The first-order valence-electron chi connectivity index (χ1n) is 9.51. The van der Waals surface area contributed by atoms with Gasteiger partial charge < -0.3 is 20.0 Å². The van der Waals surface area contributed by atoms with Crippen LogP contribution in [0.4, 0.5) is 5.69 Å². The third kappa shape index (κ3) is 6.07. The Balaban J connectivity index is 1.58. The molecule has 2 N–H and O–H groups in total. The predicted molar refractivity (Wildman–Crippen MR) is 113 cm³/mol. The Hall–Kier alpha value is -3.87. The van der Waals surface area contributed by atoms with E-state index in [-0.39, 0.29) is 31.3 Å². The molecule has 3 aromatic rings. The van der Waals surface area contributed by atoms with Crippen LogP contribution in [0, 0.1) is 6.92 Å². The molecule has 30 heavy (non-hydrogen) atoms. The number of amides is 3. The fraction of sp³-hybridized carbons (Fsp3) is 0.174. The van der Waals surface area contributed by atoms with Crippen LogP contribution in [0.5, 0.6) is 0 Å². The Morgan fingerprint density at radius 1 is 0.933 bits per heavy atom. The van der Waals surface area contributed by atoms with Crippen molar-refractivity contribution in [1.29, 1.82) is 0 Å². The molecule has 0 radical (unpaired) electrons. The van der Waals surface area contributed by atoms with Crippen LogP contribution in [0.2, 0.25) is 0 Å². The summed E-state index contributed by atoms with van der Waals surface area (Å²) in [4.78, 5) is 38.6. The van der Waals surface area contributed by atoms with Crippen molar-refractivity contribution >= 4 is 23.4 Å². The number of anilines is 1. The third-order valence-corrected chi connectivity index (χ3v) is 4.32. The summed E-state index contributed by atoms with van der Waals surface area (Å²) in [5.74, 6) is -1.04. The molecule has 7 heteroatoms. The highest BCUT2D eigenvalue weighted by molar-refractivity contribution is 5.97. The maximum absolute atomic E-state index is 12.7. The number of rotatable bonds is 8. The maximum atomic E-state index is 12.7. The molecule has 0 aliphatic rings. The van der Waals surface area contributed by atoms with Gasteiger partial charge in [0.2, 0.25) is 11.8 Å². The number of carbonyl (C=O) groups excluding carboxylic acids is 3. The lowest BCUT2D eigenvalue weighted by atomic mass is 10.2. The van der Waals surface area contributed by atoms with Crippen LogP contribution in [-0.4, -0.2) is 35.7 Å². The number of aryl methyl sites for hydroxylation is 1. The van der Waals surface area contributed by atoms with Crippen LogP contribution < -0.4 is 10.6 Å². The number of nitrogens with one attached hydrogen (secondary N) is 2. The Bertz CT molecular complexity index is 1000. The second kappa shape index (κ2) is 10.1. The van der Waals surface area contributed by atoms with Gasteiger partial charge in [0, 0.05) is 12.2 Å². The first-order valence-corrected chi connectivity index (χ1v) is 9.51. The third-order valence-electron chi connectivity index (χ3n) is 4.32. The van der Waals surface area contributed by atoms with E-state index >= 15 is 0 Å². The molecular weight excluding hydrogens is 382 g/mol. The summed E-state index contributed by atoms with van der Waals surface area (Å²) < 4.78 is 5.18. The molecule has 0 fully saturated rings. The fourth-order valence-corrected chi connectivity index (χ4v) is 2.90. The summed E-state index contributed by atoms with van der Waals surface area (Å²) in [6.07, 6.45) is 1.41. The number of hydrogen-bond acceptors (Lipinski definition) is 4. The van der Waals surface area contributed by atoms with Crippen molar-refractivity contribution in [3.63, 3.8) is 0 Å². The second-order valence-corrected chi connectivity index (χ2v) is 6.82. The van der Waals surface area contributed by atoms with E-state index in [4.69, 9.17) is 4.42 Å². The lowest BCUT2D eigenvalue weighted by Crippen LogP contribution is -2.42. The monoisotopic (exact) mass is 405 g/mol. The van der Waals surface area contributed by atoms with E-state index in [0.717, 1.165) is 11.1 Å². The van der Waals surface area contributed by atoms with Gasteiger partial charge in [0.05, 0.1) is 12.8 Å². The molecule has 0 unspecified atom stereocenters. The minimum absolute atomic E-state index is 0.149. The van der Waals surface area contributed by atoms with Crippen molar-refractivity contribution in [1.82, 2.24) is 10.2 Å². The van der Waals surface area contributed by atoms with Crippen LogP contribution in [0.1, 0.15) is 21.7 Å². The summed E-state index contributed by atoms with van der Waals surface area (Å²) in [5.41, 5.74) is 2.56. The number of nitrogens with zero attached hydrogens (tertiary/aromatic N) is 1. The predicted octanol–water partition coefficient (Wildman–Crippen LogP) is 2.99. The van der Waals surface area contributed by atoms with Crippen molar-refractivity contribution in [3.05, 3.63) is 89.9 Å². The molecule has 0 aliphatic carbocycles. The molecule has 2 aromatic carbocycles. The van der Waals surface area contributed by atoms with Gasteiger partial charge in [-0.15, -0.1) is 0 Å². The smallest absolute Gasteiger partial charge is 0.290 e. The van der Waals surface area contributed by atoms with E-state index in [9.17, 15) is 14.4 Å². The highest BCUT2D eigenvalue weighted by Crippen LogP contribution is 2.11. The van der Waals surface area contributed by atoms with Gasteiger partial charge in [-0.25, -0.2) is 0 Å². The van der Waals surface area contributed by atoms with Gasteiger partial charge in [0.15, 0.2) is 5.76 Å². The Labute approximate surface area is 174 Å². The van der Waals surface area contributed by atoms with E-state index in [0.29, 0.717) is 5.69 Å². The molecule has 0 atom stereocenters. The SMILES string of the molecule is Cc1cccc(NC(=O)CNC(=O)CN(Cc2ccccc2)C(=O)c2ccco2)c1. The molecule has 7 nitrogen and oxygen atoms in total. The summed E-state index contributed by atoms with van der Waals surface area (Å²) in [6, 6.07) is 19.9. The van der Waals surface area contributed by atoms with Crippen molar-refractivity contribution in [2.45, 2.75) is 13.5 Å². The van der Waals surface area contributed by atoms with Crippen LogP contribution in [0.15, 0.2) is 77.4 Å². The summed E-state index contributed by atoms with van der Waals surface area (Å²) in [5, 5.41) is 5.29. The maximum Gasteiger partial charge on any atom is 0.290 e. The topological polar surface area (TPSA) is 91.7 Å². The number of furan rings is 1. The van der Waals surface area contributed by atoms with Crippen LogP contribution in [0.3, 0.4) is 0 Å². The second-order valence-electron chi connectivity index (χ2n) is 6.82. The zero-order chi connectivity index (χ0) is 21.3. The van der Waals surface area contributed by atoms with Crippen LogP contribution in [-0.2, 0) is 16.1 Å². The van der Waals surface area contributed by atoms with E-state index < -0.39 is 11.8 Å². The largest absolute Gasteiger partial charge is 0.459 e. The van der Waals surface area contributed by atoms with E-state index in [1.165, 1.54) is 11.2 Å². The van der Waals surface area contributed by atoms with Crippen molar-refractivity contribution in [3.8, 4) is 0 Å². The standard InChI is InChI=1S/C23H23N3O4/c1-17-7-5-10-19(13-17)25-21(27)14-24-22(28)16-26(15-18-8-3-2-4-9-18)23(29)20-11-6-12-30-20/h2-13H,14-16H2,1H3,(H,24,28)(H,25,27). The molecule has 154 valence electrons. The fourth-order valence-electron chi connectivity index (χ4n) is 2.90. The molecule has 0 aliphatic heterocycles. The minimum atomic E-state index is -0.440. The zero-order valence-electron chi connectivity index (χ0n) is 16.6. The lowest BCUT2D eigenvalue weighted by Gasteiger charge is -2.21. The molecule has 0 saturated carbocycles. The van der Waals surface area contributed by atoms with Gasteiger partial charge in [0.1, 0.15) is 6.54 Å². The Morgan fingerprint density at radius 3 is 2.43 bits per heavy atom. The van der Waals surface area contributed by atoms with Gasteiger partial charge in [-0.1, -0.05) is 42.5 Å². The molecule has 0 bridgehead atoms. The average Bonchev–Trinajstić information content (AvgIpc) is 3.27. The highest BCUT2D eigenvalue weighted by atomic mass is 16.3. The normalized spacial score (nSPS) is 10.3. The molecular formula is C23H23N3O4. The lowest BCUT2D eigenvalue weighted by molar-refractivity contribution is -0.124. The molecule has 0 saturated heterocycles. The number of benzene rings is 2. The first kappa shape index (κ1) is 20.9. The van der Waals surface area contributed by atoms with Gasteiger partial charge >= 0.3 is 0 Å². The summed E-state index contributed by atoms with van der Waals surface area (Å²) in [6.45, 7) is 1.77. The molecule has 1 heterocycles. The van der Waals surface area contributed by atoms with Crippen molar-refractivity contribution in [2.75, 3.05) is 18.4 Å². The average molecular weight is 405 g/mol. The van der Waals surface area contributed by atoms with Crippen LogP contribution in [0.25, 0.3) is 0 Å². The van der Waals surface area contributed by atoms with E-state index in [1.807, 2.05) is 55.5 Å². The number of hydrogen-bond donors (Lipinski definition) is 2. The molecule has 3 rings (SSSR count). The van der Waals surface area contributed by atoms with Crippen LogP contribution >= 0.6 is 0 Å². The summed E-state index contributed by atoms with van der Waals surface area (Å²) >= 11 is 0. The van der Waals surface area contributed by atoms with Crippen molar-refractivity contribution in [2.24, 2.45) is 0 Å². The number of carbonyl (C=O) groups is 3. The van der Waals surface area contributed by atoms with Crippen molar-refractivity contribution < 1.29 is 18.8 Å². The van der Waals surface area contributed by atoms with E-state index in [1.54, 1.807) is 18.2 Å². The zero-order valence-corrected chi connectivity index (χ0v) is 16.6. The van der Waals surface area contributed by atoms with Gasteiger partial charge in [-0.3, -0.25) is 14.4 Å². The van der Waals surface area contributed by atoms with Gasteiger partial charge in [0.25, 0.3) is 5.91 Å². The first-order chi connectivity index (χ1) is 14.5. The molecule has 1 aromatic heterocycles. The molecule has 3 amide bonds. The summed E-state index contributed by atoms with van der Waals surface area (Å²) in [7, 11) is 0. The Morgan fingerprint density at radius 2 is 1.73 bits per heavy atom. The van der Waals surface area contributed by atoms with Gasteiger partial charge in [-0.2, -0.15) is 0 Å². The molecule has 0 spiro atoms. The van der Waals surface area contributed by atoms with Gasteiger partial charge in [-0.05, 0) is 42.3 Å². The highest BCUT2D eigenvalue weighted by Gasteiger charge is 2.21. The minimum Gasteiger partial charge on any atom is -0.459 e. The van der Waals surface area contributed by atoms with E-state index in [2.05, 4.69) is 10.6 Å². The quantitative estimate of drug-likeness (QED) is 0.603.